The summed E-state index contributed by atoms with van der Waals surface area (Å²) in [5, 5.41) is 8.55. The maximum absolute atomic E-state index is 6.03. The Kier molecular flexibility index (Phi) is 4.20. The molecular weight excluding hydrogens is 309 g/mol. The van der Waals surface area contributed by atoms with Crippen molar-refractivity contribution in [2.75, 3.05) is 13.1 Å². The highest BCUT2D eigenvalue weighted by Crippen LogP contribution is 2.31. The summed E-state index contributed by atoms with van der Waals surface area (Å²) in [6, 6.07) is 5.55. The van der Waals surface area contributed by atoms with Gasteiger partial charge in [0, 0.05) is 11.8 Å². The SMILES string of the molecule is CC1(c2nc(Cc3ccc(Cl)c(Cl)c3)no2)CCNCC1. The molecule has 0 saturated carbocycles. The van der Waals surface area contributed by atoms with Crippen LogP contribution >= 0.6 is 23.2 Å². The number of piperidine rings is 1. The minimum absolute atomic E-state index is 0.0197. The molecule has 0 atom stereocenters. The summed E-state index contributed by atoms with van der Waals surface area (Å²) in [4.78, 5) is 4.57. The largest absolute Gasteiger partial charge is 0.339 e. The summed E-state index contributed by atoms with van der Waals surface area (Å²) < 4.78 is 5.49. The smallest absolute Gasteiger partial charge is 0.232 e. The fourth-order valence-electron chi connectivity index (χ4n) is 2.60. The second-order valence-corrected chi connectivity index (χ2v) is 6.57. The van der Waals surface area contributed by atoms with Gasteiger partial charge in [0.2, 0.25) is 5.89 Å². The highest BCUT2D eigenvalue weighted by Gasteiger charge is 2.34. The molecular formula is C15H17Cl2N3O. The quantitative estimate of drug-likeness (QED) is 0.936. The molecule has 2 aromatic rings. The Hall–Kier alpha value is -1.10. The number of rotatable bonds is 3. The molecule has 2 heterocycles. The van der Waals surface area contributed by atoms with E-state index in [-0.39, 0.29) is 5.41 Å². The van der Waals surface area contributed by atoms with Crippen LogP contribution < -0.4 is 5.32 Å². The van der Waals surface area contributed by atoms with Crippen LogP contribution in [0.3, 0.4) is 0 Å². The lowest BCUT2D eigenvalue weighted by atomic mass is 9.81. The van der Waals surface area contributed by atoms with Crippen molar-refractivity contribution in [3.8, 4) is 0 Å². The van der Waals surface area contributed by atoms with Crippen molar-refractivity contribution in [2.24, 2.45) is 0 Å². The zero-order chi connectivity index (χ0) is 14.9. The molecule has 4 nitrogen and oxygen atoms in total. The van der Waals surface area contributed by atoms with E-state index in [2.05, 4.69) is 22.4 Å². The fraction of sp³-hybridized carbons (Fsp3) is 0.467. The fourth-order valence-corrected chi connectivity index (χ4v) is 2.92. The molecule has 1 aliphatic rings. The zero-order valence-electron chi connectivity index (χ0n) is 11.8. The minimum Gasteiger partial charge on any atom is -0.339 e. The molecule has 0 bridgehead atoms. The van der Waals surface area contributed by atoms with E-state index in [1.165, 1.54) is 0 Å². The van der Waals surface area contributed by atoms with Gasteiger partial charge in [0.15, 0.2) is 5.82 Å². The third-order valence-corrected chi connectivity index (χ3v) is 4.78. The first kappa shape index (κ1) is 14.8. The molecule has 0 radical (unpaired) electrons. The van der Waals surface area contributed by atoms with Crippen molar-refractivity contribution in [3.05, 3.63) is 45.5 Å². The summed E-state index contributed by atoms with van der Waals surface area (Å²) in [7, 11) is 0. The Balaban J connectivity index is 1.77. The Labute approximate surface area is 133 Å². The molecule has 112 valence electrons. The molecule has 0 unspecified atom stereocenters. The summed E-state index contributed by atoms with van der Waals surface area (Å²) in [5.41, 5.74) is 1.00. The van der Waals surface area contributed by atoms with E-state index in [9.17, 15) is 0 Å². The van der Waals surface area contributed by atoms with Crippen molar-refractivity contribution < 1.29 is 4.52 Å². The molecule has 3 rings (SSSR count). The number of hydrogen-bond donors (Lipinski definition) is 1. The van der Waals surface area contributed by atoms with Gasteiger partial charge in [-0.25, -0.2) is 0 Å². The van der Waals surface area contributed by atoms with E-state index in [0.717, 1.165) is 37.4 Å². The normalized spacial score (nSPS) is 17.9. The van der Waals surface area contributed by atoms with Crippen molar-refractivity contribution in [1.82, 2.24) is 15.5 Å². The van der Waals surface area contributed by atoms with Crippen LogP contribution in [0.25, 0.3) is 0 Å². The Bertz CT molecular complexity index is 636. The van der Waals surface area contributed by atoms with E-state index in [4.69, 9.17) is 27.7 Å². The lowest BCUT2D eigenvalue weighted by molar-refractivity contribution is 0.240. The molecule has 1 fully saturated rings. The van der Waals surface area contributed by atoms with Gasteiger partial charge in [-0.2, -0.15) is 4.98 Å². The van der Waals surface area contributed by atoms with E-state index in [1.54, 1.807) is 6.07 Å². The molecule has 21 heavy (non-hydrogen) atoms. The van der Waals surface area contributed by atoms with E-state index < -0.39 is 0 Å². The predicted molar refractivity (Wildman–Crippen MR) is 83.0 cm³/mol. The average molecular weight is 326 g/mol. The van der Waals surface area contributed by atoms with Crippen LogP contribution in [0.5, 0.6) is 0 Å². The van der Waals surface area contributed by atoms with Gasteiger partial charge in [-0.3, -0.25) is 0 Å². The van der Waals surface area contributed by atoms with Crippen LogP contribution in [0.4, 0.5) is 0 Å². The third-order valence-electron chi connectivity index (χ3n) is 4.04. The first-order valence-electron chi connectivity index (χ1n) is 7.04. The number of aromatic nitrogens is 2. The van der Waals surface area contributed by atoms with Crippen molar-refractivity contribution in [1.29, 1.82) is 0 Å². The van der Waals surface area contributed by atoms with Gasteiger partial charge < -0.3 is 9.84 Å². The highest BCUT2D eigenvalue weighted by atomic mass is 35.5. The number of hydrogen-bond acceptors (Lipinski definition) is 4. The number of nitrogens with one attached hydrogen (secondary N) is 1. The molecule has 0 aliphatic carbocycles. The second kappa shape index (κ2) is 5.95. The molecule has 0 spiro atoms. The molecule has 1 aromatic heterocycles. The molecule has 6 heteroatoms. The lowest BCUT2D eigenvalue weighted by Crippen LogP contribution is -2.37. The van der Waals surface area contributed by atoms with Gasteiger partial charge in [0.1, 0.15) is 0 Å². The Morgan fingerprint density at radius 2 is 2.00 bits per heavy atom. The standard InChI is InChI=1S/C15H17Cl2N3O/c1-15(4-6-18-7-5-15)14-19-13(20-21-14)9-10-2-3-11(16)12(17)8-10/h2-3,8,18H,4-7,9H2,1H3. The topological polar surface area (TPSA) is 51.0 Å². The Morgan fingerprint density at radius 1 is 1.24 bits per heavy atom. The van der Waals surface area contributed by atoms with Crippen LogP contribution in [0.15, 0.2) is 22.7 Å². The lowest BCUT2D eigenvalue weighted by Gasteiger charge is -2.30. The molecule has 0 amide bonds. The zero-order valence-corrected chi connectivity index (χ0v) is 13.3. The first-order valence-corrected chi connectivity index (χ1v) is 7.80. The summed E-state index contributed by atoms with van der Waals surface area (Å²) in [5.74, 6) is 1.42. The van der Waals surface area contributed by atoms with Gasteiger partial charge in [-0.05, 0) is 43.6 Å². The number of nitrogens with zero attached hydrogens (tertiary/aromatic N) is 2. The first-order chi connectivity index (χ1) is 10.1. The summed E-state index contributed by atoms with van der Waals surface area (Å²) in [6.45, 7) is 4.16. The molecule has 1 N–H and O–H groups in total. The van der Waals surface area contributed by atoms with E-state index in [0.29, 0.717) is 22.3 Å². The molecule has 1 aliphatic heterocycles. The van der Waals surface area contributed by atoms with Crippen LogP contribution in [0.2, 0.25) is 10.0 Å². The van der Waals surface area contributed by atoms with Gasteiger partial charge in [-0.1, -0.05) is 41.3 Å². The van der Waals surface area contributed by atoms with E-state index >= 15 is 0 Å². The van der Waals surface area contributed by atoms with Crippen molar-refractivity contribution >= 4 is 23.2 Å². The van der Waals surface area contributed by atoms with Crippen LogP contribution in [0.1, 0.15) is 37.0 Å². The third kappa shape index (κ3) is 3.23. The maximum Gasteiger partial charge on any atom is 0.232 e. The summed E-state index contributed by atoms with van der Waals surface area (Å²) >= 11 is 11.9. The average Bonchev–Trinajstić information content (AvgIpc) is 2.93. The summed E-state index contributed by atoms with van der Waals surface area (Å²) in [6.07, 6.45) is 2.62. The van der Waals surface area contributed by atoms with Crippen molar-refractivity contribution in [2.45, 2.75) is 31.6 Å². The van der Waals surface area contributed by atoms with Crippen LogP contribution in [-0.2, 0) is 11.8 Å². The molecule has 1 aromatic carbocycles. The van der Waals surface area contributed by atoms with Crippen molar-refractivity contribution in [3.63, 3.8) is 0 Å². The number of benzene rings is 1. The van der Waals surface area contributed by atoms with Gasteiger partial charge in [0.25, 0.3) is 0 Å². The van der Waals surface area contributed by atoms with Gasteiger partial charge in [0.05, 0.1) is 10.0 Å². The predicted octanol–water partition coefficient (Wildman–Crippen LogP) is 3.61. The van der Waals surface area contributed by atoms with Gasteiger partial charge in [-0.15, -0.1) is 0 Å². The van der Waals surface area contributed by atoms with Crippen LogP contribution in [-0.4, -0.2) is 23.2 Å². The number of halogens is 2. The monoisotopic (exact) mass is 325 g/mol. The molecule has 1 saturated heterocycles. The maximum atomic E-state index is 6.03. The minimum atomic E-state index is -0.0197. The Morgan fingerprint density at radius 3 is 2.71 bits per heavy atom. The van der Waals surface area contributed by atoms with Gasteiger partial charge >= 0.3 is 0 Å². The van der Waals surface area contributed by atoms with Crippen LogP contribution in [0, 0.1) is 0 Å². The second-order valence-electron chi connectivity index (χ2n) is 5.75. The van der Waals surface area contributed by atoms with E-state index in [1.807, 2.05) is 12.1 Å². The highest BCUT2D eigenvalue weighted by molar-refractivity contribution is 6.42.